The van der Waals surface area contributed by atoms with Gasteiger partial charge in [0.25, 0.3) is 5.91 Å². The Morgan fingerprint density at radius 3 is 2.42 bits per heavy atom. The number of ether oxygens (including phenoxy) is 2. The van der Waals surface area contributed by atoms with E-state index in [0.717, 1.165) is 48.8 Å². The van der Waals surface area contributed by atoms with Gasteiger partial charge in [-0.25, -0.2) is 0 Å². The quantitative estimate of drug-likeness (QED) is 0.651. The van der Waals surface area contributed by atoms with Crippen molar-refractivity contribution in [1.29, 1.82) is 0 Å². The Morgan fingerprint density at radius 1 is 0.968 bits per heavy atom. The highest BCUT2D eigenvalue weighted by Crippen LogP contribution is 2.38. The Bertz CT molecular complexity index is 1020. The Labute approximate surface area is 179 Å². The normalized spacial score (nSPS) is 17.0. The van der Waals surface area contributed by atoms with Crippen molar-refractivity contribution in [2.75, 3.05) is 67.7 Å². The first kappa shape index (κ1) is 19.7. The molecule has 1 amide bonds. The highest BCUT2D eigenvalue weighted by atomic mass is 16.5. The lowest BCUT2D eigenvalue weighted by Gasteiger charge is -2.37. The standard InChI is InChI=1S/C22H25N5O4/c28-22(20-5-4-19(31-20)16-14-23-24-15-16)25-17-2-1-3-18(26-6-10-29-11-7-26)21(17)27-8-12-30-13-9-27/h1-5,14-15H,6-13H2,(H,23,24)(H,25,28). The summed E-state index contributed by atoms with van der Waals surface area (Å²) in [6.45, 7) is 5.91. The van der Waals surface area contributed by atoms with Crippen molar-refractivity contribution in [3.63, 3.8) is 0 Å². The first-order chi connectivity index (χ1) is 15.3. The molecule has 2 aromatic heterocycles. The number of amides is 1. The van der Waals surface area contributed by atoms with Crippen molar-refractivity contribution in [2.24, 2.45) is 0 Å². The van der Waals surface area contributed by atoms with E-state index in [9.17, 15) is 4.79 Å². The van der Waals surface area contributed by atoms with Gasteiger partial charge in [-0.2, -0.15) is 5.10 Å². The first-order valence-electron chi connectivity index (χ1n) is 10.5. The Morgan fingerprint density at radius 2 is 1.71 bits per heavy atom. The van der Waals surface area contributed by atoms with Gasteiger partial charge in [-0.3, -0.25) is 9.89 Å². The molecule has 1 aromatic carbocycles. The van der Waals surface area contributed by atoms with Crippen LogP contribution in [0.1, 0.15) is 10.6 Å². The molecule has 5 rings (SSSR count). The highest BCUT2D eigenvalue weighted by Gasteiger charge is 2.24. The topological polar surface area (TPSA) is 95.9 Å². The fourth-order valence-electron chi connectivity index (χ4n) is 4.00. The van der Waals surface area contributed by atoms with Crippen LogP contribution in [-0.2, 0) is 9.47 Å². The molecular formula is C22H25N5O4. The van der Waals surface area contributed by atoms with Crippen LogP contribution in [0.3, 0.4) is 0 Å². The minimum atomic E-state index is -0.289. The van der Waals surface area contributed by atoms with Crippen LogP contribution in [0, 0.1) is 0 Å². The van der Waals surface area contributed by atoms with Crippen LogP contribution in [0.15, 0.2) is 47.1 Å². The number of aromatic amines is 1. The molecule has 2 aliphatic rings. The van der Waals surface area contributed by atoms with Crippen LogP contribution in [0.5, 0.6) is 0 Å². The number of morpholine rings is 2. The third-order valence-corrected chi connectivity index (χ3v) is 5.55. The van der Waals surface area contributed by atoms with Gasteiger partial charge in [0.05, 0.1) is 55.2 Å². The largest absolute Gasteiger partial charge is 0.451 e. The van der Waals surface area contributed by atoms with E-state index in [0.29, 0.717) is 32.2 Å². The second-order valence-corrected chi connectivity index (χ2v) is 7.48. The lowest BCUT2D eigenvalue weighted by atomic mass is 10.1. The lowest BCUT2D eigenvalue weighted by Crippen LogP contribution is -2.40. The van der Waals surface area contributed by atoms with E-state index >= 15 is 0 Å². The van der Waals surface area contributed by atoms with Crippen molar-refractivity contribution in [2.45, 2.75) is 0 Å². The molecule has 0 saturated carbocycles. The first-order valence-corrected chi connectivity index (χ1v) is 10.5. The Kier molecular flexibility index (Phi) is 5.59. The minimum Gasteiger partial charge on any atom is -0.451 e. The molecule has 9 heteroatoms. The summed E-state index contributed by atoms with van der Waals surface area (Å²) in [4.78, 5) is 17.6. The fourth-order valence-corrected chi connectivity index (χ4v) is 4.00. The summed E-state index contributed by atoms with van der Waals surface area (Å²) in [6.07, 6.45) is 3.38. The predicted molar refractivity (Wildman–Crippen MR) is 117 cm³/mol. The molecular weight excluding hydrogens is 398 g/mol. The van der Waals surface area contributed by atoms with Crippen LogP contribution in [0.4, 0.5) is 17.1 Å². The second-order valence-electron chi connectivity index (χ2n) is 7.48. The molecule has 0 aliphatic carbocycles. The number of hydrogen-bond donors (Lipinski definition) is 2. The molecule has 0 radical (unpaired) electrons. The van der Waals surface area contributed by atoms with Gasteiger partial charge in [0.1, 0.15) is 5.76 Å². The molecule has 2 fully saturated rings. The number of rotatable bonds is 5. The lowest BCUT2D eigenvalue weighted by molar-refractivity contribution is 0.0997. The van der Waals surface area contributed by atoms with E-state index in [4.69, 9.17) is 13.9 Å². The van der Waals surface area contributed by atoms with Gasteiger partial charge in [-0.05, 0) is 24.3 Å². The molecule has 2 saturated heterocycles. The summed E-state index contributed by atoms with van der Waals surface area (Å²) in [6, 6.07) is 9.47. The van der Waals surface area contributed by atoms with Crippen LogP contribution in [0.25, 0.3) is 11.3 Å². The minimum absolute atomic E-state index is 0.251. The number of H-pyrrole nitrogens is 1. The Balaban J connectivity index is 1.44. The van der Waals surface area contributed by atoms with Gasteiger partial charge in [-0.15, -0.1) is 0 Å². The maximum absolute atomic E-state index is 13.0. The molecule has 9 nitrogen and oxygen atoms in total. The molecule has 0 unspecified atom stereocenters. The number of hydrogen-bond acceptors (Lipinski definition) is 7. The number of nitrogens with zero attached hydrogens (tertiary/aromatic N) is 3. The number of carbonyl (C=O) groups excluding carboxylic acids is 1. The van der Waals surface area contributed by atoms with E-state index in [2.05, 4.69) is 31.4 Å². The van der Waals surface area contributed by atoms with Gasteiger partial charge in [-0.1, -0.05) is 6.07 Å². The number of para-hydroxylation sites is 1. The zero-order chi connectivity index (χ0) is 21.0. The zero-order valence-electron chi connectivity index (χ0n) is 17.2. The number of anilines is 3. The van der Waals surface area contributed by atoms with Crippen LogP contribution < -0.4 is 15.1 Å². The maximum atomic E-state index is 13.0. The van der Waals surface area contributed by atoms with Crippen molar-refractivity contribution in [1.82, 2.24) is 10.2 Å². The van der Waals surface area contributed by atoms with Gasteiger partial charge >= 0.3 is 0 Å². The average molecular weight is 423 g/mol. The smallest absolute Gasteiger partial charge is 0.291 e. The van der Waals surface area contributed by atoms with Crippen LogP contribution in [0.2, 0.25) is 0 Å². The maximum Gasteiger partial charge on any atom is 0.291 e. The van der Waals surface area contributed by atoms with E-state index in [-0.39, 0.29) is 11.7 Å². The van der Waals surface area contributed by atoms with Gasteiger partial charge < -0.3 is 29.0 Å². The molecule has 31 heavy (non-hydrogen) atoms. The second kappa shape index (κ2) is 8.83. The van der Waals surface area contributed by atoms with Crippen molar-refractivity contribution >= 4 is 23.0 Å². The summed E-state index contributed by atoms with van der Waals surface area (Å²) in [7, 11) is 0. The molecule has 4 heterocycles. The van der Waals surface area contributed by atoms with Crippen LogP contribution >= 0.6 is 0 Å². The van der Waals surface area contributed by atoms with Crippen molar-refractivity contribution in [3.05, 3.63) is 48.5 Å². The number of carbonyl (C=O) groups is 1. The zero-order valence-corrected chi connectivity index (χ0v) is 17.2. The van der Waals surface area contributed by atoms with E-state index in [1.165, 1.54) is 0 Å². The molecule has 162 valence electrons. The van der Waals surface area contributed by atoms with E-state index in [1.807, 2.05) is 12.1 Å². The third-order valence-electron chi connectivity index (χ3n) is 5.55. The van der Waals surface area contributed by atoms with Crippen molar-refractivity contribution < 1.29 is 18.7 Å². The van der Waals surface area contributed by atoms with Gasteiger partial charge in [0.2, 0.25) is 0 Å². The Hall–Kier alpha value is -3.30. The number of aromatic nitrogens is 2. The monoisotopic (exact) mass is 423 g/mol. The third kappa shape index (κ3) is 4.14. The molecule has 2 N–H and O–H groups in total. The van der Waals surface area contributed by atoms with Crippen molar-refractivity contribution in [3.8, 4) is 11.3 Å². The molecule has 0 atom stereocenters. The number of benzene rings is 1. The molecule has 2 aliphatic heterocycles. The predicted octanol–water partition coefficient (Wildman–Crippen LogP) is 2.60. The highest BCUT2D eigenvalue weighted by molar-refractivity contribution is 6.05. The number of furan rings is 1. The number of nitrogens with one attached hydrogen (secondary N) is 2. The fraction of sp³-hybridized carbons (Fsp3) is 0.364. The van der Waals surface area contributed by atoms with E-state index in [1.54, 1.807) is 24.5 Å². The van der Waals surface area contributed by atoms with Gasteiger partial charge in [0.15, 0.2) is 5.76 Å². The van der Waals surface area contributed by atoms with E-state index < -0.39 is 0 Å². The van der Waals surface area contributed by atoms with Crippen LogP contribution in [-0.4, -0.2) is 68.7 Å². The summed E-state index contributed by atoms with van der Waals surface area (Å²) in [5.41, 5.74) is 3.67. The molecule has 0 bridgehead atoms. The SMILES string of the molecule is O=C(Nc1cccc(N2CCOCC2)c1N1CCOCC1)c1ccc(-c2cn[nH]c2)o1. The average Bonchev–Trinajstić information content (AvgIpc) is 3.52. The summed E-state index contributed by atoms with van der Waals surface area (Å²) >= 11 is 0. The summed E-state index contributed by atoms with van der Waals surface area (Å²) < 4.78 is 16.8. The summed E-state index contributed by atoms with van der Waals surface area (Å²) in [5, 5.41) is 9.74. The molecule has 0 spiro atoms. The molecule has 3 aromatic rings. The van der Waals surface area contributed by atoms with Gasteiger partial charge in [0, 0.05) is 32.4 Å². The summed E-state index contributed by atoms with van der Waals surface area (Å²) in [5.74, 6) is 0.554.